The third-order valence-electron chi connectivity index (χ3n) is 5.91. The standard InChI is InChI=1S/C25H26N6O2/c32-23(27-20-16-26-30(18-20)17-19-8-2-1-3-9-19)12-15-31-22-11-5-4-10-21(22)28-24(25(31)33)29-13-6-7-14-29/h1-5,8-11,16,18H,6-7,12-15,17H2,(H,27,32). The van der Waals surface area contributed by atoms with Gasteiger partial charge in [0, 0.05) is 32.3 Å². The minimum Gasteiger partial charge on any atom is -0.352 e. The van der Waals surface area contributed by atoms with Gasteiger partial charge in [-0.25, -0.2) is 4.98 Å². The van der Waals surface area contributed by atoms with Crippen molar-refractivity contribution >= 4 is 28.4 Å². The molecule has 0 unspecified atom stereocenters. The molecule has 0 spiro atoms. The SMILES string of the molecule is O=C(CCn1c(=O)c(N2CCCC2)nc2ccccc21)Nc1cnn(Cc2ccccc2)c1. The summed E-state index contributed by atoms with van der Waals surface area (Å²) >= 11 is 0. The predicted molar refractivity (Wildman–Crippen MR) is 128 cm³/mol. The molecule has 0 atom stereocenters. The van der Waals surface area contributed by atoms with Crippen molar-refractivity contribution in [2.45, 2.75) is 32.4 Å². The van der Waals surface area contributed by atoms with Crippen LogP contribution in [0.3, 0.4) is 0 Å². The molecule has 1 fully saturated rings. The Morgan fingerprint density at radius 2 is 1.76 bits per heavy atom. The van der Waals surface area contributed by atoms with Crippen LogP contribution < -0.4 is 15.8 Å². The van der Waals surface area contributed by atoms with Gasteiger partial charge in [0.05, 0.1) is 29.5 Å². The monoisotopic (exact) mass is 442 g/mol. The average molecular weight is 443 g/mol. The van der Waals surface area contributed by atoms with Crippen LogP contribution in [0.5, 0.6) is 0 Å². The summed E-state index contributed by atoms with van der Waals surface area (Å²) in [5.41, 5.74) is 3.14. The molecule has 0 saturated carbocycles. The van der Waals surface area contributed by atoms with E-state index in [9.17, 15) is 9.59 Å². The number of nitrogens with one attached hydrogen (secondary N) is 1. The Bertz CT molecular complexity index is 1320. The van der Waals surface area contributed by atoms with E-state index >= 15 is 0 Å². The zero-order chi connectivity index (χ0) is 22.6. The van der Waals surface area contributed by atoms with Crippen molar-refractivity contribution in [1.82, 2.24) is 19.3 Å². The van der Waals surface area contributed by atoms with Crippen LogP contribution in [0, 0.1) is 0 Å². The van der Waals surface area contributed by atoms with Gasteiger partial charge in [0.2, 0.25) is 5.91 Å². The molecule has 2 aromatic heterocycles. The molecule has 8 heteroatoms. The van der Waals surface area contributed by atoms with E-state index in [0.29, 0.717) is 18.1 Å². The number of nitrogens with zero attached hydrogens (tertiary/aromatic N) is 5. The number of anilines is 2. The number of carbonyl (C=O) groups excluding carboxylic acids is 1. The zero-order valence-corrected chi connectivity index (χ0v) is 18.4. The van der Waals surface area contributed by atoms with Gasteiger partial charge in [0.1, 0.15) is 0 Å². The summed E-state index contributed by atoms with van der Waals surface area (Å²) in [4.78, 5) is 32.6. The molecular formula is C25H26N6O2. The number of para-hydroxylation sites is 2. The topological polar surface area (TPSA) is 85.1 Å². The number of fused-ring (bicyclic) bond motifs is 1. The first kappa shape index (κ1) is 20.9. The second kappa shape index (κ2) is 9.28. The van der Waals surface area contributed by atoms with Crippen molar-refractivity contribution in [2.75, 3.05) is 23.3 Å². The molecule has 2 aromatic carbocycles. The fraction of sp³-hybridized carbons (Fsp3) is 0.280. The minimum atomic E-state index is -0.162. The van der Waals surface area contributed by atoms with Crippen LogP contribution >= 0.6 is 0 Å². The normalized spacial score (nSPS) is 13.5. The molecule has 5 rings (SSSR count). The Hall–Kier alpha value is -3.94. The fourth-order valence-electron chi connectivity index (χ4n) is 4.26. The molecule has 1 saturated heterocycles. The number of hydrogen-bond acceptors (Lipinski definition) is 5. The lowest BCUT2D eigenvalue weighted by molar-refractivity contribution is -0.116. The lowest BCUT2D eigenvalue weighted by Crippen LogP contribution is -2.32. The number of aryl methyl sites for hydroxylation is 1. The van der Waals surface area contributed by atoms with E-state index in [-0.39, 0.29) is 24.4 Å². The molecule has 1 amide bonds. The fourth-order valence-corrected chi connectivity index (χ4v) is 4.26. The molecule has 8 nitrogen and oxygen atoms in total. The molecule has 3 heterocycles. The summed E-state index contributed by atoms with van der Waals surface area (Å²) in [7, 11) is 0. The van der Waals surface area contributed by atoms with Crippen molar-refractivity contribution in [3.63, 3.8) is 0 Å². The Labute approximate surface area is 191 Å². The molecule has 0 bridgehead atoms. The number of hydrogen-bond donors (Lipinski definition) is 1. The van der Waals surface area contributed by atoms with E-state index in [0.717, 1.165) is 42.5 Å². The molecule has 1 aliphatic rings. The summed E-state index contributed by atoms with van der Waals surface area (Å²) in [6.45, 7) is 2.60. The quantitative estimate of drug-likeness (QED) is 0.475. The Balaban J connectivity index is 1.29. The largest absolute Gasteiger partial charge is 0.352 e. The second-order valence-electron chi connectivity index (χ2n) is 8.29. The summed E-state index contributed by atoms with van der Waals surface area (Å²) in [6, 6.07) is 17.6. The summed E-state index contributed by atoms with van der Waals surface area (Å²) in [5.74, 6) is 0.318. The molecule has 1 N–H and O–H groups in total. The van der Waals surface area contributed by atoms with E-state index in [1.807, 2.05) is 65.7 Å². The van der Waals surface area contributed by atoms with Gasteiger partial charge >= 0.3 is 0 Å². The van der Waals surface area contributed by atoms with E-state index < -0.39 is 0 Å². The number of rotatable bonds is 7. The first-order chi connectivity index (χ1) is 16.2. The number of aromatic nitrogens is 4. The Morgan fingerprint density at radius 3 is 2.58 bits per heavy atom. The highest BCUT2D eigenvalue weighted by Gasteiger charge is 2.20. The average Bonchev–Trinajstić information content (AvgIpc) is 3.51. The van der Waals surface area contributed by atoms with E-state index in [4.69, 9.17) is 0 Å². The van der Waals surface area contributed by atoms with Crippen LogP contribution in [0.15, 0.2) is 71.8 Å². The van der Waals surface area contributed by atoms with Gasteiger partial charge < -0.3 is 14.8 Å². The van der Waals surface area contributed by atoms with Gasteiger partial charge in [-0.2, -0.15) is 5.10 Å². The van der Waals surface area contributed by atoms with Crippen molar-refractivity contribution in [3.05, 3.63) is 82.9 Å². The summed E-state index contributed by atoms with van der Waals surface area (Å²) in [5, 5.41) is 7.22. The van der Waals surface area contributed by atoms with Crippen molar-refractivity contribution in [1.29, 1.82) is 0 Å². The number of carbonyl (C=O) groups is 1. The van der Waals surface area contributed by atoms with Crippen molar-refractivity contribution in [2.24, 2.45) is 0 Å². The van der Waals surface area contributed by atoms with Gasteiger partial charge in [-0.15, -0.1) is 0 Å². The first-order valence-electron chi connectivity index (χ1n) is 11.3. The number of benzene rings is 2. The van der Waals surface area contributed by atoms with Crippen LogP contribution in [-0.4, -0.2) is 38.3 Å². The van der Waals surface area contributed by atoms with Crippen LogP contribution in [0.4, 0.5) is 11.5 Å². The number of amides is 1. The molecule has 0 radical (unpaired) electrons. The van der Waals surface area contributed by atoms with Crippen LogP contribution in [0.2, 0.25) is 0 Å². The molecule has 0 aliphatic carbocycles. The summed E-state index contributed by atoms with van der Waals surface area (Å²) in [6.07, 6.45) is 5.75. The maximum atomic E-state index is 13.2. The van der Waals surface area contributed by atoms with Gasteiger partial charge in [-0.05, 0) is 30.5 Å². The molecule has 168 valence electrons. The zero-order valence-electron chi connectivity index (χ0n) is 18.4. The second-order valence-corrected chi connectivity index (χ2v) is 8.29. The molecule has 33 heavy (non-hydrogen) atoms. The maximum Gasteiger partial charge on any atom is 0.294 e. The third kappa shape index (κ3) is 4.64. The highest BCUT2D eigenvalue weighted by molar-refractivity contribution is 5.90. The summed E-state index contributed by atoms with van der Waals surface area (Å²) < 4.78 is 3.46. The minimum absolute atomic E-state index is 0.140. The van der Waals surface area contributed by atoms with E-state index in [2.05, 4.69) is 15.4 Å². The molecule has 1 aliphatic heterocycles. The van der Waals surface area contributed by atoms with Crippen molar-refractivity contribution in [3.8, 4) is 0 Å². The van der Waals surface area contributed by atoms with Crippen LogP contribution in [0.25, 0.3) is 11.0 Å². The van der Waals surface area contributed by atoms with Gasteiger partial charge in [0.25, 0.3) is 5.56 Å². The molecule has 4 aromatic rings. The highest BCUT2D eigenvalue weighted by atomic mass is 16.2. The van der Waals surface area contributed by atoms with E-state index in [1.165, 1.54) is 0 Å². The lowest BCUT2D eigenvalue weighted by atomic mass is 10.2. The predicted octanol–water partition coefficient (Wildman–Crippen LogP) is 3.27. The van der Waals surface area contributed by atoms with E-state index in [1.54, 1.807) is 15.4 Å². The van der Waals surface area contributed by atoms with Gasteiger partial charge in [-0.1, -0.05) is 42.5 Å². The van der Waals surface area contributed by atoms with Crippen molar-refractivity contribution < 1.29 is 4.79 Å². The molecular weight excluding hydrogens is 416 g/mol. The van der Waals surface area contributed by atoms with Crippen LogP contribution in [-0.2, 0) is 17.9 Å². The lowest BCUT2D eigenvalue weighted by Gasteiger charge is -2.18. The van der Waals surface area contributed by atoms with Gasteiger partial charge in [0.15, 0.2) is 5.82 Å². The smallest absolute Gasteiger partial charge is 0.294 e. The maximum absolute atomic E-state index is 13.2. The Morgan fingerprint density at radius 1 is 1.00 bits per heavy atom. The Kier molecular flexibility index (Phi) is 5.89. The highest BCUT2D eigenvalue weighted by Crippen LogP contribution is 2.18. The van der Waals surface area contributed by atoms with Crippen LogP contribution in [0.1, 0.15) is 24.8 Å². The third-order valence-corrected chi connectivity index (χ3v) is 5.91. The van der Waals surface area contributed by atoms with Gasteiger partial charge in [-0.3, -0.25) is 14.3 Å². The first-order valence-corrected chi connectivity index (χ1v) is 11.3.